The van der Waals surface area contributed by atoms with Crippen LogP contribution < -0.4 is 0 Å². The van der Waals surface area contributed by atoms with E-state index in [1.54, 1.807) is 0 Å². The van der Waals surface area contributed by atoms with Crippen molar-refractivity contribution >= 4 is 11.9 Å². The number of ether oxygens (including phenoxy) is 2. The second kappa shape index (κ2) is 38.1. The van der Waals surface area contributed by atoms with E-state index < -0.39 is 0 Å². The average molecular weight is 738 g/mol. The first kappa shape index (κ1) is 50.9. The molecule has 0 unspecified atom stereocenters. The maximum Gasteiger partial charge on any atom is 0.305 e. The summed E-state index contributed by atoms with van der Waals surface area (Å²) in [7, 11) is 0. The highest BCUT2D eigenvalue weighted by Gasteiger charge is 2.20. The van der Waals surface area contributed by atoms with Crippen LogP contribution in [0.5, 0.6) is 0 Å². The molecule has 0 atom stereocenters. The molecule has 0 aromatic rings. The van der Waals surface area contributed by atoms with Crippen molar-refractivity contribution in [1.29, 1.82) is 0 Å². The largest absolute Gasteiger partial charge is 0.466 e. The molecule has 0 aromatic carbocycles. The van der Waals surface area contributed by atoms with E-state index in [2.05, 4.69) is 39.5 Å². The summed E-state index contributed by atoms with van der Waals surface area (Å²) in [6, 6.07) is 0. The molecule has 310 valence electrons. The van der Waals surface area contributed by atoms with Crippen LogP contribution in [0.25, 0.3) is 0 Å². The number of aliphatic hydroxyl groups excluding tert-OH is 1. The smallest absolute Gasteiger partial charge is 0.305 e. The molecule has 1 N–H and O–H groups in total. The molecule has 0 saturated heterocycles. The normalized spacial score (nSPS) is 11.9. The molecule has 0 spiro atoms. The second-order valence-corrected chi connectivity index (χ2v) is 16.9. The van der Waals surface area contributed by atoms with Crippen molar-refractivity contribution in [3.8, 4) is 0 Å². The molecule has 0 bridgehead atoms. The van der Waals surface area contributed by atoms with Gasteiger partial charge in [0.1, 0.15) is 0 Å². The van der Waals surface area contributed by atoms with E-state index in [0.717, 1.165) is 77.4 Å². The van der Waals surface area contributed by atoms with Crippen molar-refractivity contribution in [1.82, 2.24) is 4.90 Å². The topological polar surface area (TPSA) is 76.1 Å². The summed E-state index contributed by atoms with van der Waals surface area (Å²) in [5, 5.41) is 9.29. The van der Waals surface area contributed by atoms with Crippen LogP contribution in [-0.4, -0.2) is 61.4 Å². The first-order chi connectivity index (χ1) is 25.3. The predicted molar refractivity (Wildman–Crippen MR) is 223 cm³/mol. The zero-order chi connectivity index (χ0) is 38.4. The van der Waals surface area contributed by atoms with Gasteiger partial charge in [0.2, 0.25) is 0 Å². The minimum Gasteiger partial charge on any atom is -0.466 e. The minimum atomic E-state index is -0.0295. The van der Waals surface area contributed by atoms with Gasteiger partial charge in [-0.3, -0.25) is 9.59 Å². The number of esters is 2. The van der Waals surface area contributed by atoms with Gasteiger partial charge in [0.05, 0.1) is 13.2 Å². The average Bonchev–Trinajstić information content (AvgIpc) is 3.12. The number of nitrogens with zero attached hydrogens (tertiary/aromatic N) is 1. The fourth-order valence-corrected chi connectivity index (χ4v) is 7.24. The van der Waals surface area contributed by atoms with Crippen LogP contribution >= 0.6 is 0 Å². The number of hydrogen-bond acceptors (Lipinski definition) is 6. The number of carbonyl (C=O) groups is 2. The van der Waals surface area contributed by atoms with E-state index in [4.69, 9.17) is 9.47 Å². The van der Waals surface area contributed by atoms with Gasteiger partial charge in [0.15, 0.2) is 0 Å². The maximum absolute atomic E-state index is 12.4. The maximum atomic E-state index is 12.4. The lowest BCUT2D eigenvalue weighted by molar-refractivity contribution is -0.147. The van der Waals surface area contributed by atoms with Crippen molar-refractivity contribution in [3.63, 3.8) is 0 Å². The summed E-state index contributed by atoms with van der Waals surface area (Å²) >= 11 is 0. The SMILES string of the molecule is CCCCCCCCCC(=O)OCC(C)(C)CCCCCN(CCCCO)CCCCCCCC(=O)OCCC(CCCCCC)CCCCCC. The quantitative estimate of drug-likeness (QED) is 0.0497. The Kier molecular flexibility index (Phi) is 37.3. The highest BCUT2D eigenvalue weighted by molar-refractivity contribution is 5.69. The molecule has 0 heterocycles. The summed E-state index contributed by atoms with van der Waals surface area (Å²) < 4.78 is 11.3. The third kappa shape index (κ3) is 35.9. The summed E-state index contributed by atoms with van der Waals surface area (Å²) in [6.45, 7) is 15.9. The van der Waals surface area contributed by atoms with Crippen molar-refractivity contribution in [2.24, 2.45) is 11.3 Å². The lowest BCUT2D eigenvalue weighted by Gasteiger charge is -2.25. The molecule has 6 heteroatoms. The van der Waals surface area contributed by atoms with Gasteiger partial charge in [-0.15, -0.1) is 0 Å². The van der Waals surface area contributed by atoms with Gasteiger partial charge in [-0.25, -0.2) is 0 Å². The van der Waals surface area contributed by atoms with Crippen LogP contribution in [0.2, 0.25) is 0 Å². The van der Waals surface area contributed by atoms with Gasteiger partial charge in [-0.05, 0) is 82.3 Å². The zero-order valence-corrected chi connectivity index (χ0v) is 35.8. The van der Waals surface area contributed by atoms with Crippen molar-refractivity contribution < 1.29 is 24.2 Å². The number of hydrogen-bond donors (Lipinski definition) is 1. The number of rotatable bonds is 41. The number of carbonyl (C=O) groups excluding carboxylic acids is 2. The minimum absolute atomic E-state index is 0.00557. The standard InChI is InChI=1S/C46H91NO5/c1-6-9-12-15-16-18-25-34-45(50)52-42-46(4,5)36-26-21-28-38-47(39-29-30-40-48)37-27-20-17-19-24-33-44(49)51-41-35-43(31-22-13-10-7-2)32-23-14-11-8-3/h43,48H,6-42H2,1-5H3. The van der Waals surface area contributed by atoms with Gasteiger partial charge < -0.3 is 19.5 Å². The zero-order valence-electron chi connectivity index (χ0n) is 35.8. The van der Waals surface area contributed by atoms with Gasteiger partial charge in [0, 0.05) is 19.4 Å². The van der Waals surface area contributed by atoms with Crippen molar-refractivity contribution in [3.05, 3.63) is 0 Å². The van der Waals surface area contributed by atoms with Crippen LogP contribution in [0.1, 0.15) is 234 Å². The molecule has 0 rings (SSSR count). The molecule has 0 aliphatic heterocycles. The van der Waals surface area contributed by atoms with Gasteiger partial charge in [-0.1, -0.05) is 169 Å². The molecular formula is C46H91NO5. The number of unbranched alkanes of at least 4 members (excludes halogenated alkanes) is 19. The Morgan fingerprint density at radius 1 is 0.519 bits per heavy atom. The molecule has 0 radical (unpaired) electrons. The Labute approximate surface area is 324 Å². The fraction of sp³-hybridized carbons (Fsp3) is 0.957. The van der Waals surface area contributed by atoms with Crippen LogP contribution in [0.15, 0.2) is 0 Å². The third-order valence-corrected chi connectivity index (χ3v) is 10.9. The molecule has 0 aromatic heterocycles. The molecule has 0 fully saturated rings. The van der Waals surface area contributed by atoms with E-state index in [1.165, 1.54) is 128 Å². The summed E-state index contributed by atoms with van der Waals surface area (Å²) in [5.74, 6) is 0.677. The number of aliphatic hydroxyl groups is 1. The van der Waals surface area contributed by atoms with E-state index in [0.29, 0.717) is 32.0 Å². The highest BCUT2D eigenvalue weighted by atomic mass is 16.5. The van der Waals surface area contributed by atoms with E-state index in [-0.39, 0.29) is 24.0 Å². The van der Waals surface area contributed by atoms with Crippen molar-refractivity contribution in [2.75, 3.05) is 39.5 Å². The Morgan fingerprint density at radius 3 is 1.46 bits per heavy atom. The highest BCUT2D eigenvalue weighted by Crippen LogP contribution is 2.25. The molecule has 6 nitrogen and oxygen atoms in total. The molecule has 0 amide bonds. The van der Waals surface area contributed by atoms with E-state index in [9.17, 15) is 14.7 Å². The summed E-state index contributed by atoms with van der Waals surface area (Å²) in [6.07, 6.45) is 36.0. The van der Waals surface area contributed by atoms with Crippen molar-refractivity contribution in [2.45, 2.75) is 234 Å². The lowest BCUT2D eigenvalue weighted by atomic mass is 9.88. The van der Waals surface area contributed by atoms with Gasteiger partial charge in [-0.2, -0.15) is 0 Å². The molecule has 0 aliphatic rings. The monoisotopic (exact) mass is 738 g/mol. The summed E-state index contributed by atoms with van der Waals surface area (Å²) in [5.41, 5.74) is 0.0253. The Balaban J connectivity index is 4.12. The van der Waals surface area contributed by atoms with Crippen LogP contribution in [0.4, 0.5) is 0 Å². The van der Waals surface area contributed by atoms with E-state index in [1.807, 2.05) is 0 Å². The lowest BCUT2D eigenvalue weighted by Crippen LogP contribution is -2.27. The summed E-state index contributed by atoms with van der Waals surface area (Å²) in [4.78, 5) is 27.2. The van der Waals surface area contributed by atoms with Crippen LogP contribution in [0, 0.1) is 11.3 Å². The Morgan fingerprint density at radius 2 is 0.942 bits per heavy atom. The first-order valence-corrected chi connectivity index (χ1v) is 22.9. The fourth-order valence-electron chi connectivity index (χ4n) is 7.24. The van der Waals surface area contributed by atoms with Crippen LogP contribution in [-0.2, 0) is 19.1 Å². The molecular weight excluding hydrogens is 647 g/mol. The third-order valence-electron chi connectivity index (χ3n) is 10.9. The van der Waals surface area contributed by atoms with Gasteiger partial charge in [0.25, 0.3) is 0 Å². The molecule has 0 aliphatic carbocycles. The first-order valence-electron chi connectivity index (χ1n) is 22.9. The van der Waals surface area contributed by atoms with Gasteiger partial charge >= 0.3 is 11.9 Å². The second-order valence-electron chi connectivity index (χ2n) is 16.9. The van der Waals surface area contributed by atoms with Crippen LogP contribution in [0.3, 0.4) is 0 Å². The van der Waals surface area contributed by atoms with E-state index >= 15 is 0 Å². The molecule has 52 heavy (non-hydrogen) atoms. The Hall–Kier alpha value is -1.14. The molecule has 0 saturated carbocycles. The Bertz CT molecular complexity index is 760. The predicted octanol–water partition coefficient (Wildman–Crippen LogP) is 13.2.